The summed E-state index contributed by atoms with van der Waals surface area (Å²) >= 11 is 0. The average molecular weight is 886 g/mol. The SMILES string of the molecule is Cc1ccccc1-n1c2ccc(-c3nc(-n4c5ccccc5c5ccccc54)nc(-n4c5ccccc5c5ccccc54)n3)cc2n2c3ccccc3[n+](B3c4ccccc4Oc4ccccc43)c12. The van der Waals surface area contributed by atoms with E-state index in [1.807, 2.05) is 12.1 Å². The third-order valence-electron chi connectivity index (χ3n) is 14.1. The third kappa shape index (κ3) is 5.36. The topological polar surface area (TPSA) is 71.0 Å². The van der Waals surface area contributed by atoms with Crippen molar-refractivity contribution in [1.82, 2.24) is 33.1 Å². The number of hydrogen-bond acceptors (Lipinski definition) is 4. The van der Waals surface area contributed by atoms with Gasteiger partial charge in [0.2, 0.25) is 11.9 Å². The quantitative estimate of drug-likeness (QED) is 0.161. The van der Waals surface area contributed by atoms with Gasteiger partial charge in [0.15, 0.2) is 5.82 Å². The Labute approximate surface area is 395 Å². The van der Waals surface area contributed by atoms with Crippen molar-refractivity contribution in [1.29, 1.82) is 0 Å². The summed E-state index contributed by atoms with van der Waals surface area (Å²) in [6.07, 6.45) is 0. The predicted molar refractivity (Wildman–Crippen MR) is 278 cm³/mol. The van der Waals surface area contributed by atoms with Crippen LogP contribution in [0.4, 0.5) is 0 Å². The number of fused-ring (bicyclic) bond motifs is 13. The zero-order valence-corrected chi connectivity index (χ0v) is 37.3. The van der Waals surface area contributed by atoms with E-state index in [-0.39, 0.29) is 6.85 Å². The van der Waals surface area contributed by atoms with Gasteiger partial charge < -0.3 is 4.74 Å². The molecular weight excluding hydrogens is 848 g/mol. The zero-order valence-electron chi connectivity index (χ0n) is 37.3. The molecule has 10 heteroatoms. The molecular formula is C59H38BN8O+. The Kier molecular flexibility index (Phi) is 7.89. The third-order valence-corrected chi connectivity index (χ3v) is 14.1. The fourth-order valence-electron chi connectivity index (χ4n) is 11.2. The van der Waals surface area contributed by atoms with Crippen LogP contribution in [0.3, 0.4) is 0 Å². The van der Waals surface area contributed by atoms with E-state index in [0.717, 1.165) is 111 Å². The molecule has 1 aliphatic rings. The second-order valence-electron chi connectivity index (χ2n) is 17.9. The molecule has 0 spiro atoms. The summed E-state index contributed by atoms with van der Waals surface area (Å²) in [5, 5.41) is 4.55. The van der Waals surface area contributed by atoms with Gasteiger partial charge in [0.1, 0.15) is 39.3 Å². The Balaban J connectivity index is 1.06. The van der Waals surface area contributed by atoms with E-state index in [1.54, 1.807) is 0 Å². The van der Waals surface area contributed by atoms with E-state index in [4.69, 9.17) is 19.7 Å². The van der Waals surface area contributed by atoms with E-state index in [2.05, 4.69) is 230 Å². The minimum atomic E-state index is -0.196. The van der Waals surface area contributed by atoms with Crippen LogP contribution in [-0.4, -0.2) is 39.9 Å². The molecule has 322 valence electrons. The predicted octanol–water partition coefficient (Wildman–Crippen LogP) is 11.4. The molecule has 5 aromatic heterocycles. The summed E-state index contributed by atoms with van der Waals surface area (Å²) in [5.41, 5.74) is 13.7. The van der Waals surface area contributed by atoms with Gasteiger partial charge in [-0.15, -0.1) is 0 Å². The van der Waals surface area contributed by atoms with Crippen LogP contribution in [0.25, 0.3) is 100 Å². The van der Waals surface area contributed by atoms with Gasteiger partial charge in [-0.05, 0) is 85.3 Å². The normalized spacial score (nSPS) is 12.5. The van der Waals surface area contributed by atoms with Gasteiger partial charge in [0, 0.05) is 38.0 Å². The van der Waals surface area contributed by atoms with Gasteiger partial charge in [-0.1, -0.05) is 140 Å². The number of ether oxygens (including phenoxy) is 1. The van der Waals surface area contributed by atoms with E-state index < -0.39 is 0 Å². The number of benzene rings is 9. The number of hydrogen-bond donors (Lipinski definition) is 0. The molecule has 0 fully saturated rings. The molecule has 6 heterocycles. The molecule has 15 rings (SSSR count). The smallest absolute Gasteiger partial charge is 0.418 e. The maximum atomic E-state index is 6.61. The summed E-state index contributed by atoms with van der Waals surface area (Å²) < 4.78 is 18.3. The summed E-state index contributed by atoms with van der Waals surface area (Å²) in [6.45, 7) is 1.99. The molecule has 9 aromatic carbocycles. The van der Waals surface area contributed by atoms with Crippen molar-refractivity contribution in [3.05, 3.63) is 218 Å². The van der Waals surface area contributed by atoms with Crippen LogP contribution in [0, 0.1) is 6.92 Å². The molecule has 1 aliphatic heterocycles. The zero-order chi connectivity index (χ0) is 45.3. The van der Waals surface area contributed by atoms with E-state index in [0.29, 0.717) is 17.7 Å². The first-order valence-electron chi connectivity index (χ1n) is 23.3. The van der Waals surface area contributed by atoms with Crippen molar-refractivity contribution in [2.75, 3.05) is 0 Å². The van der Waals surface area contributed by atoms with Crippen LogP contribution >= 0.6 is 0 Å². The van der Waals surface area contributed by atoms with E-state index >= 15 is 0 Å². The molecule has 0 saturated carbocycles. The molecule has 14 aromatic rings. The largest absolute Gasteiger partial charge is 0.458 e. The lowest BCUT2D eigenvalue weighted by molar-refractivity contribution is -0.476. The van der Waals surface area contributed by atoms with Crippen molar-refractivity contribution in [3.8, 4) is 40.5 Å². The van der Waals surface area contributed by atoms with Gasteiger partial charge in [-0.3, -0.25) is 13.6 Å². The van der Waals surface area contributed by atoms with Crippen molar-refractivity contribution >= 4 is 89.2 Å². The Hall–Kier alpha value is -9.28. The van der Waals surface area contributed by atoms with E-state index in [1.165, 1.54) is 0 Å². The minimum absolute atomic E-state index is 0.196. The summed E-state index contributed by atoms with van der Waals surface area (Å²) in [5.74, 6) is 4.36. The van der Waals surface area contributed by atoms with Gasteiger partial charge in [0.25, 0.3) is 0 Å². The number of rotatable bonds is 5. The second kappa shape index (κ2) is 14.4. The summed E-state index contributed by atoms with van der Waals surface area (Å²) in [6, 6.07) is 74.9. The molecule has 0 radical (unpaired) electrons. The van der Waals surface area contributed by atoms with Crippen molar-refractivity contribution in [3.63, 3.8) is 0 Å². The fraction of sp³-hybridized carbons (Fsp3) is 0.0169. The number of nitrogens with zero attached hydrogens (tertiary/aromatic N) is 8. The monoisotopic (exact) mass is 885 g/mol. The lowest BCUT2D eigenvalue weighted by Crippen LogP contribution is -2.67. The maximum Gasteiger partial charge on any atom is 0.418 e. The van der Waals surface area contributed by atoms with Gasteiger partial charge in [0.05, 0.1) is 22.1 Å². The highest BCUT2D eigenvalue weighted by molar-refractivity contribution is 6.80. The highest BCUT2D eigenvalue weighted by atomic mass is 16.5. The molecule has 9 nitrogen and oxygen atoms in total. The molecule has 0 bridgehead atoms. The molecule has 0 N–H and O–H groups in total. The van der Waals surface area contributed by atoms with Crippen LogP contribution in [0.5, 0.6) is 11.5 Å². The molecule has 0 unspecified atom stereocenters. The number of para-hydroxylation sites is 9. The molecule has 0 atom stereocenters. The second-order valence-corrected chi connectivity index (χ2v) is 17.9. The summed E-state index contributed by atoms with van der Waals surface area (Å²) in [4.78, 5) is 16.4. The average Bonchev–Trinajstić information content (AvgIpc) is 4.13. The first-order chi connectivity index (χ1) is 34.2. The Bertz CT molecular complexity index is 4180. The van der Waals surface area contributed by atoms with Crippen LogP contribution in [0.2, 0.25) is 0 Å². The van der Waals surface area contributed by atoms with Crippen molar-refractivity contribution in [2.24, 2.45) is 0 Å². The Morgan fingerprint density at radius 1 is 0.420 bits per heavy atom. The standard InChI is InChI=1S/C59H38BN8O/c1-37-18-2-9-25-45(37)66-51-35-34-38(36-53(51)67-50-30-14-15-31-52(50)68(59(66)67)60-43-23-7-16-32-54(43)69-55-33-17-8-24-44(55)60)56-61-57(64-46-26-10-3-19-39(46)40-20-4-11-27-47(40)64)63-58(62-56)65-48-28-12-5-21-41(48)42-22-6-13-29-49(42)65/h2-36H,1H3/q+1. The molecule has 0 aliphatic carbocycles. The fourth-order valence-corrected chi connectivity index (χ4v) is 11.2. The Morgan fingerprint density at radius 3 is 1.46 bits per heavy atom. The number of aromatic nitrogens is 8. The first-order valence-corrected chi connectivity index (χ1v) is 23.3. The first kappa shape index (κ1) is 37.9. The summed E-state index contributed by atoms with van der Waals surface area (Å²) in [7, 11) is 0. The van der Waals surface area contributed by atoms with Crippen molar-refractivity contribution < 1.29 is 9.21 Å². The number of aryl methyl sites for hydroxylation is 1. The highest BCUT2D eigenvalue weighted by Crippen LogP contribution is 2.37. The molecule has 0 saturated heterocycles. The van der Waals surface area contributed by atoms with Gasteiger partial charge >= 0.3 is 12.6 Å². The molecule has 69 heavy (non-hydrogen) atoms. The highest BCUT2D eigenvalue weighted by Gasteiger charge is 2.42. The maximum absolute atomic E-state index is 6.61. The van der Waals surface area contributed by atoms with Crippen LogP contribution in [-0.2, 0) is 0 Å². The molecule has 0 amide bonds. The lowest BCUT2D eigenvalue weighted by Gasteiger charge is -2.24. The lowest BCUT2D eigenvalue weighted by atomic mass is 9.49. The Morgan fingerprint density at radius 2 is 0.899 bits per heavy atom. The van der Waals surface area contributed by atoms with Crippen LogP contribution < -0.4 is 20.1 Å². The van der Waals surface area contributed by atoms with Gasteiger partial charge in [-0.25, -0.2) is 0 Å². The van der Waals surface area contributed by atoms with Gasteiger partial charge in [-0.2, -0.15) is 23.9 Å². The van der Waals surface area contributed by atoms with E-state index in [9.17, 15) is 0 Å². The van der Waals surface area contributed by atoms with Crippen LogP contribution in [0.1, 0.15) is 5.56 Å². The van der Waals surface area contributed by atoms with Crippen LogP contribution in [0.15, 0.2) is 212 Å². The van der Waals surface area contributed by atoms with Crippen molar-refractivity contribution in [2.45, 2.75) is 6.92 Å². The number of imidazole rings is 2. The minimum Gasteiger partial charge on any atom is -0.458 e.